The summed E-state index contributed by atoms with van der Waals surface area (Å²) in [6.07, 6.45) is 0. The molecule has 0 aliphatic carbocycles. The lowest BCUT2D eigenvalue weighted by atomic mass is 9.97. The molecule has 0 amide bonds. The van der Waals surface area contributed by atoms with E-state index in [0.29, 0.717) is 11.5 Å². The third kappa shape index (κ3) is 1.65. The van der Waals surface area contributed by atoms with Gasteiger partial charge in [0, 0.05) is 11.1 Å². The van der Waals surface area contributed by atoms with E-state index < -0.39 is 0 Å². The monoisotopic (exact) mass is 210 g/mol. The molecular weight excluding hydrogens is 196 g/mol. The summed E-state index contributed by atoms with van der Waals surface area (Å²) in [5, 5.41) is 10.1. The molecule has 0 aliphatic heterocycles. The number of nitrogens with zero attached hydrogens (tertiary/aromatic N) is 2. The van der Waals surface area contributed by atoms with Crippen LogP contribution in [-0.2, 0) is 0 Å². The second-order valence-electron chi connectivity index (χ2n) is 4.32. The molecule has 0 spiro atoms. The van der Waals surface area contributed by atoms with E-state index in [2.05, 4.69) is 31.0 Å². The van der Waals surface area contributed by atoms with Crippen molar-refractivity contribution in [3.63, 3.8) is 0 Å². The van der Waals surface area contributed by atoms with Crippen LogP contribution in [-0.4, -0.2) is 4.98 Å². The first kappa shape index (κ1) is 10.6. The second-order valence-corrected chi connectivity index (χ2v) is 4.32. The summed E-state index contributed by atoms with van der Waals surface area (Å²) in [5.41, 5.74) is 3.79. The van der Waals surface area contributed by atoms with Crippen LogP contribution < -0.4 is 0 Å². The highest BCUT2D eigenvalue weighted by molar-refractivity contribution is 5.87. The van der Waals surface area contributed by atoms with Crippen LogP contribution in [0.15, 0.2) is 24.3 Å². The molecule has 0 unspecified atom stereocenters. The summed E-state index contributed by atoms with van der Waals surface area (Å²) < 4.78 is 0. The van der Waals surface area contributed by atoms with E-state index in [1.165, 1.54) is 5.56 Å². The van der Waals surface area contributed by atoms with Crippen LogP contribution in [0.3, 0.4) is 0 Å². The third-order valence-electron chi connectivity index (χ3n) is 2.74. The van der Waals surface area contributed by atoms with E-state index in [9.17, 15) is 0 Å². The molecule has 1 heterocycles. The summed E-state index contributed by atoms with van der Waals surface area (Å²) in [7, 11) is 0. The second kappa shape index (κ2) is 3.94. The Bertz CT molecular complexity index is 577. The molecule has 2 heteroatoms. The SMILES string of the molecule is Cc1cc(C#N)c2cccc(C(C)C)c2n1. The number of pyridine rings is 1. The van der Waals surface area contributed by atoms with Crippen molar-refractivity contribution in [2.45, 2.75) is 26.7 Å². The van der Waals surface area contributed by atoms with E-state index in [0.717, 1.165) is 16.6 Å². The van der Waals surface area contributed by atoms with Gasteiger partial charge < -0.3 is 0 Å². The van der Waals surface area contributed by atoms with Crippen LogP contribution in [0.2, 0.25) is 0 Å². The van der Waals surface area contributed by atoms with Crippen molar-refractivity contribution in [3.8, 4) is 6.07 Å². The number of rotatable bonds is 1. The van der Waals surface area contributed by atoms with E-state index in [1.807, 2.05) is 25.1 Å². The van der Waals surface area contributed by atoms with Gasteiger partial charge in [-0.25, -0.2) is 0 Å². The maximum Gasteiger partial charge on any atom is 0.0999 e. The summed E-state index contributed by atoms with van der Waals surface area (Å²) in [5.74, 6) is 0.421. The molecule has 0 saturated heterocycles. The number of nitriles is 1. The minimum absolute atomic E-state index is 0.421. The molecule has 0 N–H and O–H groups in total. The summed E-state index contributed by atoms with van der Waals surface area (Å²) in [6.45, 7) is 6.22. The Morgan fingerprint density at radius 1 is 1.31 bits per heavy atom. The molecule has 2 aromatic rings. The van der Waals surface area contributed by atoms with Gasteiger partial charge in [-0.15, -0.1) is 0 Å². The first-order chi connectivity index (χ1) is 7.63. The smallest absolute Gasteiger partial charge is 0.0999 e. The van der Waals surface area contributed by atoms with Crippen LogP contribution in [0, 0.1) is 18.3 Å². The quantitative estimate of drug-likeness (QED) is 0.721. The van der Waals surface area contributed by atoms with Crippen LogP contribution in [0.5, 0.6) is 0 Å². The van der Waals surface area contributed by atoms with Crippen LogP contribution in [0.4, 0.5) is 0 Å². The Hall–Kier alpha value is -1.88. The van der Waals surface area contributed by atoms with Gasteiger partial charge >= 0.3 is 0 Å². The van der Waals surface area contributed by atoms with Gasteiger partial charge in [-0.1, -0.05) is 32.0 Å². The lowest BCUT2D eigenvalue weighted by Crippen LogP contribution is -1.95. The standard InChI is InChI=1S/C14H14N2/c1-9(2)12-5-4-6-13-11(8-15)7-10(3)16-14(12)13/h4-7,9H,1-3H3. The van der Waals surface area contributed by atoms with Crippen molar-refractivity contribution < 1.29 is 0 Å². The zero-order chi connectivity index (χ0) is 11.7. The lowest BCUT2D eigenvalue weighted by molar-refractivity contribution is 0.872. The molecule has 2 rings (SSSR count). The van der Waals surface area contributed by atoms with Crippen molar-refractivity contribution in [2.24, 2.45) is 0 Å². The third-order valence-corrected chi connectivity index (χ3v) is 2.74. The number of benzene rings is 1. The number of aromatic nitrogens is 1. The number of aryl methyl sites for hydroxylation is 1. The molecule has 16 heavy (non-hydrogen) atoms. The molecule has 0 radical (unpaired) electrons. The Morgan fingerprint density at radius 2 is 2.06 bits per heavy atom. The number of fused-ring (bicyclic) bond motifs is 1. The van der Waals surface area contributed by atoms with Crippen molar-refractivity contribution in [1.82, 2.24) is 4.98 Å². The molecule has 0 aliphatic rings. The van der Waals surface area contributed by atoms with Gasteiger partial charge in [0.15, 0.2) is 0 Å². The van der Waals surface area contributed by atoms with E-state index >= 15 is 0 Å². The zero-order valence-corrected chi connectivity index (χ0v) is 9.78. The normalized spacial score (nSPS) is 10.7. The van der Waals surface area contributed by atoms with Crippen molar-refractivity contribution in [1.29, 1.82) is 5.26 Å². The molecule has 0 fully saturated rings. The highest BCUT2D eigenvalue weighted by Gasteiger charge is 2.09. The molecule has 1 aromatic heterocycles. The van der Waals surface area contributed by atoms with E-state index in [-0.39, 0.29) is 0 Å². The van der Waals surface area contributed by atoms with Crippen LogP contribution >= 0.6 is 0 Å². The maximum absolute atomic E-state index is 9.11. The van der Waals surface area contributed by atoms with Crippen LogP contribution in [0.25, 0.3) is 10.9 Å². The van der Waals surface area contributed by atoms with Gasteiger partial charge in [-0.3, -0.25) is 4.98 Å². The predicted molar refractivity (Wildman–Crippen MR) is 65.3 cm³/mol. The molecule has 1 aromatic carbocycles. The Balaban J connectivity index is 2.89. The van der Waals surface area contributed by atoms with Crippen molar-refractivity contribution in [2.75, 3.05) is 0 Å². The molecule has 0 atom stereocenters. The zero-order valence-electron chi connectivity index (χ0n) is 9.78. The average Bonchev–Trinajstić information content (AvgIpc) is 2.26. The number of para-hydroxylation sites is 1. The van der Waals surface area contributed by atoms with Gasteiger partial charge in [0.1, 0.15) is 0 Å². The Labute approximate surface area is 95.6 Å². The molecule has 0 saturated carbocycles. The average molecular weight is 210 g/mol. The van der Waals surface area contributed by atoms with Crippen molar-refractivity contribution in [3.05, 3.63) is 41.1 Å². The van der Waals surface area contributed by atoms with E-state index in [4.69, 9.17) is 5.26 Å². The predicted octanol–water partition coefficient (Wildman–Crippen LogP) is 3.54. The Morgan fingerprint density at radius 3 is 2.69 bits per heavy atom. The number of hydrogen-bond donors (Lipinski definition) is 0. The van der Waals surface area contributed by atoms with Gasteiger partial charge in [-0.2, -0.15) is 5.26 Å². The molecule has 0 bridgehead atoms. The fourth-order valence-electron chi connectivity index (χ4n) is 1.96. The molecule has 80 valence electrons. The maximum atomic E-state index is 9.11. The number of hydrogen-bond acceptors (Lipinski definition) is 2. The van der Waals surface area contributed by atoms with Gasteiger partial charge in [-0.05, 0) is 24.5 Å². The fourth-order valence-corrected chi connectivity index (χ4v) is 1.96. The molecule has 2 nitrogen and oxygen atoms in total. The highest BCUT2D eigenvalue weighted by atomic mass is 14.7. The first-order valence-corrected chi connectivity index (χ1v) is 5.44. The van der Waals surface area contributed by atoms with Gasteiger partial charge in [0.25, 0.3) is 0 Å². The van der Waals surface area contributed by atoms with Gasteiger partial charge in [0.2, 0.25) is 0 Å². The summed E-state index contributed by atoms with van der Waals surface area (Å²) in [6, 6.07) is 10.1. The summed E-state index contributed by atoms with van der Waals surface area (Å²) in [4.78, 5) is 4.55. The minimum atomic E-state index is 0.421. The van der Waals surface area contributed by atoms with E-state index in [1.54, 1.807) is 0 Å². The topological polar surface area (TPSA) is 36.7 Å². The minimum Gasteiger partial charge on any atom is -0.253 e. The fraction of sp³-hybridized carbons (Fsp3) is 0.286. The van der Waals surface area contributed by atoms with Crippen LogP contribution in [0.1, 0.15) is 36.6 Å². The summed E-state index contributed by atoms with van der Waals surface area (Å²) >= 11 is 0. The largest absolute Gasteiger partial charge is 0.253 e. The first-order valence-electron chi connectivity index (χ1n) is 5.44. The molecular formula is C14H14N2. The lowest BCUT2D eigenvalue weighted by Gasteiger charge is -2.10. The highest BCUT2D eigenvalue weighted by Crippen LogP contribution is 2.26. The Kier molecular flexibility index (Phi) is 2.62. The van der Waals surface area contributed by atoms with Crippen molar-refractivity contribution >= 4 is 10.9 Å². The van der Waals surface area contributed by atoms with Gasteiger partial charge in [0.05, 0.1) is 17.1 Å².